The maximum atomic E-state index is 15.0. The highest BCUT2D eigenvalue weighted by atomic mass is 31.2. The lowest BCUT2D eigenvalue weighted by molar-refractivity contribution is -0.184. The molecule has 434 valence electrons. The number of benzene rings is 2. The molecule has 3 heterocycles. The fourth-order valence-corrected chi connectivity index (χ4v) is 14.5. The Morgan fingerprint density at radius 1 is 0.772 bits per heavy atom. The van der Waals surface area contributed by atoms with Gasteiger partial charge in [-0.1, -0.05) is 107 Å². The molecule has 2 aromatic carbocycles. The Labute approximate surface area is 470 Å². The molecule has 0 spiro atoms. The minimum Gasteiger partial charge on any atom is -0.460 e. The number of cyclic esters (lactones) is 1. The van der Waals surface area contributed by atoms with Crippen molar-refractivity contribution in [2.24, 2.45) is 35.5 Å². The van der Waals surface area contributed by atoms with Crippen molar-refractivity contribution in [2.75, 3.05) is 27.9 Å². The van der Waals surface area contributed by atoms with Gasteiger partial charge in [-0.2, -0.15) is 0 Å². The van der Waals surface area contributed by atoms with Gasteiger partial charge in [0.2, 0.25) is 0 Å². The van der Waals surface area contributed by atoms with Crippen LogP contribution in [-0.4, -0.2) is 121 Å². The quantitative estimate of drug-likeness (QED) is 0.103. The number of allylic oxidation sites excluding steroid dienone is 6. The number of nitrogens with zero attached hydrogens (tertiary/aromatic N) is 1. The summed E-state index contributed by atoms with van der Waals surface area (Å²) in [6.45, 7) is 15.0. The number of ketones is 3. The summed E-state index contributed by atoms with van der Waals surface area (Å²) in [6.07, 6.45) is 12.3. The van der Waals surface area contributed by atoms with E-state index in [-0.39, 0.29) is 66.8 Å². The molecule has 79 heavy (non-hydrogen) atoms. The number of hydrogen-bond acceptors (Lipinski definition) is 13. The molecule has 0 aromatic heterocycles. The topological polar surface area (TPSA) is 181 Å². The van der Waals surface area contributed by atoms with Gasteiger partial charge >= 0.3 is 5.97 Å². The van der Waals surface area contributed by atoms with E-state index in [0.29, 0.717) is 80.4 Å². The molecule has 15 heteroatoms. The standard InChI is InChI=1S/C64H90NO13P/c1-41-23-15-12-16-24-42(2)55(73-9)39-49-32-30-47(7)64(8,77-49)61(69)62(70)65-34-22-21-29-52(65)63(71)76-56(40-53(66)43(3)36-46(6)59(68)60(75-11)58(67)45(5)35-41)44(4)37-48-31-33-54(57(38-48)74-10)78-79(72,50-25-17-13-18-26-50)51-27-19-14-20-28-51/h12-20,23-28,36,41,43-45,47-49,52,54-57,59-60,68H,21-22,29-35,37-40H2,1-11H3/b16-12+,23-15+,42-24+,46-36+/t41-,43-,44-,45-,47-,48?,49+,52+,54-,55+,56+,57-,59-,60+,64-/m1/s1. The van der Waals surface area contributed by atoms with Crippen LogP contribution in [0.2, 0.25) is 0 Å². The first-order valence-electron chi connectivity index (χ1n) is 28.8. The summed E-state index contributed by atoms with van der Waals surface area (Å²) in [7, 11) is 1.12. The van der Waals surface area contributed by atoms with Gasteiger partial charge in [-0.25, -0.2) is 4.79 Å². The van der Waals surface area contributed by atoms with E-state index in [1.54, 1.807) is 41.1 Å². The van der Waals surface area contributed by atoms with E-state index < -0.39 is 79.0 Å². The summed E-state index contributed by atoms with van der Waals surface area (Å²) >= 11 is 0. The molecule has 1 N–H and O–H groups in total. The van der Waals surface area contributed by atoms with Crippen molar-refractivity contribution in [3.63, 3.8) is 0 Å². The van der Waals surface area contributed by atoms with Crippen LogP contribution in [-0.2, 0) is 56.7 Å². The molecule has 14 nitrogen and oxygen atoms in total. The molecule has 1 unspecified atom stereocenters. The third-order valence-electron chi connectivity index (χ3n) is 17.4. The van der Waals surface area contributed by atoms with Crippen LogP contribution in [0.4, 0.5) is 0 Å². The second-order valence-corrected chi connectivity index (χ2v) is 25.6. The minimum absolute atomic E-state index is 0.0240. The molecule has 3 aliphatic heterocycles. The number of methoxy groups -OCH3 is 3. The first-order chi connectivity index (χ1) is 37.6. The number of Topliss-reactive ketones (excluding diaryl/α,β-unsaturated/α-hetero) is 3. The van der Waals surface area contributed by atoms with E-state index in [0.717, 1.165) is 5.57 Å². The number of amides is 1. The van der Waals surface area contributed by atoms with E-state index >= 15 is 0 Å². The van der Waals surface area contributed by atoms with E-state index in [2.05, 4.69) is 0 Å². The molecule has 4 aliphatic rings. The van der Waals surface area contributed by atoms with Crippen LogP contribution >= 0.6 is 7.37 Å². The van der Waals surface area contributed by atoms with Crippen molar-refractivity contribution >= 4 is 47.2 Å². The zero-order valence-corrected chi connectivity index (χ0v) is 49.6. The van der Waals surface area contributed by atoms with Crippen molar-refractivity contribution in [1.29, 1.82) is 0 Å². The zero-order chi connectivity index (χ0) is 57.6. The highest BCUT2D eigenvalue weighted by molar-refractivity contribution is 7.74. The Bertz CT molecular complexity index is 2500. The number of hydrogen-bond donors (Lipinski definition) is 1. The van der Waals surface area contributed by atoms with Crippen LogP contribution in [0.25, 0.3) is 0 Å². The number of esters is 1. The predicted molar refractivity (Wildman–Crippen MR) is 307 cm³/mol. The van der Waals surface area contributed by atoms with Gasteiger partial charge in [-0.3, -0.25) is 23.7 Å². The summed E-state index contributed by atoms with van der Waals surface area (Å²) in [6, 6.07) is 17.4. The lowest BCUT2D eigenvalue weighted by atomic mass is 9.78. The van der Waals surface area contributed by atoms with Crippen LogP contribution in [0, 0.1) is 35.5 Å². The van der Waals surface area contributed by atoms with E-state index in [1.807, 2.05) is 126 Å². The van der Waals surface area contributed by atoms with Gasteiger partial charge in [0.15, 0.2) is 5.78 Å². The van der Waals surface area contributed by atoms with E-state index in [1.165, 1.54) is 12.0 Å². The Balaban J connectivity index is 1.29. The van der Waals surface area contributed by atoms with Gasteiger partial charge in [-0.15, -0.1) is 0 Å². The van der Waals surface area contributed by atoms with Crippen molar-refractivity contribution in [3.8, 4) is 0 Å². The van der Waals surface area contributed by atoms with E-state index in [4.69, 9.17) is 28.2 Å². The molecule has 6 rings (SSSR count). The molecule has 15 atom stereocenters. The first kappa shape index (κ1) is 63.5. The SMILES string of the molecule is CO[C@H]1C[C@@H]2CC[C@@H](C)[C@@](C)(O2)C(=O)C(=O)N2CCCC[C@H]2C(=O)O[C@H]([C@H](C)CC2CC[C@@H](OP(=O)(c3ccccc3)c3ccccc3)[C@H](OC)C2)CC(=O)[C@H](C)/C=C(\C)[C@@H](O)[C@@H](OC)C(=O)[C@H](C)C[C@H](C)/C=C/C=C/C=C/1C. The van der Waals surface area contributed by atoms with Gasteiger partial charge < -0.3 is 38.2 Å². The fourth-order valence-electron chi connectivity index (χ4n) is 12.2. The van der Waals surface area contributed by atoms with E-state index in [9.17, 15) is 33.6 Å². The van der Waals surface area contributed by atoms with Crippen LogP contribution in [0.5, 0.6) is 0 Å². The second kappa shape index (κ2) is 29.4. The lowest BCUT2D eigenvalue weighted by Gasteiger charge is -2.44. The molecule has 2 bridgehead atoms. The summed E-state index contributed by atoms with van der Waals surface area (Å²) in [5.41, 5.74) is -0.116. The second-order valence-electron chi connectivity index (χ2n) is 23.3. The third kappa shape index (κ3) is 16.1. The highest BCUT2D eigenvalue weighted by Gasteiger charge is 2.51. The Morgan fingerprint density at radius 2 is 1.44 bits per heavy atom. The van der Waals surface area contributed by atoms with Gasteiger partial charge in [0.05, 0.1) is 24.4 Å². The maximum absolute atomic E-state index is 15.0. The number of rotatable bonds is 10. The number of fused-ring (bicyclic) bond motifs is 3. The maximum Gasteiger partial charge on any atom is 0.329 e. The van der Waals surface area contributed by atoms with Crippen molar-refractivity contribution in [2.45, 2.75) is 187 Å². The Morgan fingerprint density at radius 3 is 2.08 bits per heavy atom. The van der Waals surface area contributed by atoms with Gasteiger partial charge in [-0.05, 0) is 144 Å². The molecule has 1 aliphatic carbocycles. The largest absolute Gasteiger partial charge is 0.460 e. The van der Waals surface area contributed by atoms with Gasteiger partial charge in [0.25, 0.3) is 19.1 Å². The lowest BCUT2D eigenvalue weighted by Crippen LogP contribution is -2.59. The first-order valence-corrected chi connectivity index (χ1v) is 30.4. The predicted octanol–water partition coefficient (Wildman–Crippen LogP) is 10.2. The monoisotopic (exact) mass is 1110 g/mol. The number of aliphatic hydroxyl groups excluding tert-OH is 1. The summed E-state index contributed by atoms with van der Waals surface area (Å²) in [4.78, 5) is 73.8. The van der Waals surface area contributed by atoms with Gasteiger partial charge in [0, 0.05) is 63.2 Å². The molecule has 1 amide bonds. The van der Waals surface area contributed by atoms with Crippen LogP contribution < -0.4 is 10.6 Å². The molecule has 0 radical (unpaired) electrons. The molecular formula is C64H90NO13P. The number of carbonyl (C=O) groups excluding carboxylic acids is 5. The minimum atomic E-state index is -3.53. The van der Waals surface area contributed by atoms with Crippen molar-refractivity contribution in [1.82, 2.24) is 4.90 Å². The third-order valence-corrected chi connectivity index (χ3v) is 19.9. The molecule has 3 fully saturated rings. The smallest absolute Gasteiger partial charge is 0.329 e. The summed E-state index contributed by atoms with van der Waals surface area (Å²) < 4.78 is 52.5. The number of ether oxygens (including phenoxy) is 5. The van der Waals surface area contributed by atoms with Crippen LogP contribution in [0.1, 0.15) is 132 Å². The molecule has 2 saturated heterocycles. The normalized spacial score (nSPS) is 35.5. The Kier molecular flexibility index (Phi) is 23.6. The average Bonchev–Trinajstić information content (AvgIpc) is 3.46. The fraction of sp³-hybridized carbons (Fsp3) is 0.609. The summed E-state index contributed by atoms with van der Waals surface area (Å²) in [5.74, 6) is -4.50. The Hall–Kier alpha value is -4.66. The average molecular weight is 1110 g/mol. The molecule has 2 aromatic rings. The number of aliphatic hydroxyl groups is 1. The molecule has 1 saturated carbocycles. The van der Waals surface area contributed by atoms with Crippen molar-refractivity contribution in [3.05, 3.63) is 108 Å². The van der Waals surface area contributed by atoms with Gasteiger partial charge in [0.1, 0.15) is 35.7 Å². The zero-order valence-electron chi connectivity index (χ0n) is 48.8. The molecular weight excluding hydrogens is 1020 g/mol. The highest BCUT2D eigenvalue weighted by Crippen LogP contribution is 2.49. The van der Waals surface area contributed by atoms with Crippen molar-refractivity contribution < 1.29 is 61.9 Å². The number of piperidine rings is 1. The summed E-state index contributed by atoms with van der Waals surface area (Å²) in [5, 5.41) is 12.8. The number of carbonyl (C=O) groups is 5. The van der Waals surface area contributed by atoms with Crippen LogP contribution in [0.3, 0.4) is 0 Å². The van der Waals surface area contributed by atoms with Crippen LogP contribution in [0.15, 0.2) is 108 Å².